The second kappa shape index (κ2) is 8.50. The summed E-state index contributed by atoms with van der Waals surface area (Å²) in [4.78, 5) is 42.3. The Morgan fingerprint density at radius 1 is 0.722 bits per heavy atom. The highest BCUT2D eigenvalue weighted by molar-refractivity contribution is 5.94. The van der Waals surface area contributed by atoms with E-state index in [9.17, 15) is 19.2 Å². The van der Waals surface area contributed by atoms with Gasteiger partial charge in [-0.3, -0.25) is 9.59 Å². The van der Waals surface area contributed by atoms with Crippen LogP contribution in [0.25, 0.3) is 0 Å². The second-order valence-electron chi connectivity index (χ2n) is 2.81. The van der Waals surface area contributed by atoms with E-state index in [1.165, 1.54) is 0 Å². The molecule has 0 aliphatic heterocycles. The molecule has 18 heavy (non-hydrogen) atoms. The van der Waals surface area contributed by atoms with E-state index in [0.29, 0.717) is 0 Å². The van der Waals surface area contributed by atoms with Gasteiger partial charge >= 0.3 is 11.9 Å². The zero-order valence-electron chi connectivity index (χ0n) is 9.33. The fourth-order valence-corrected chi connectivity index (χ4v) is 0.681. The zero-order chi connectivity index (χ0) is 14.0. The lowest BCUT2D eigenvalue weighted by Crippen LogP contribution is -2.13. The summed E-state index contributed by atoms with van der Waals surface area (Å²) >= 11 is 0. The molecule has 0 aromatic rings. The minimum absolute atomic E-state index is 0.196. The summed E-state index contributed by atoms with van der Waals surface area (Å²) in [6.45, 7) is -0.393. The van der Waals surface area contributed by atoms with E-state index < -0.39 is 23.8 Å². The largest absolute Gasteiger partial charge is 0.459 e. The smallest absolute Gasteiger partial charge is 0.331 e. The minimum atomic E-state index is -0.794. The molecule has 2 amide bonds. The van der Waals surface area contributed by atoms with Crippen molar-refractivity contribution in [2.24, 2.45) is 11.5 Å². The molecule has 0 aromatic carbocycles. The maximum absolute atomic E-state index is 10.9. The van der Waals surface area contributed by atoms with Gasteiger partial charge < -0.3 is 20.9 Å². The standard InChI is InChI=1S/C10H12N2O6/c11-7(13)1-3-9(15)17-5-6-18-10(16)4-2-8(12)14/h1-4H,5-6H2,(H2,11,13)(H2,12,14)/b3-1-,4-2-. The number of amides is 2. The number of hydrogen-bond acceptors (Lipinski definition) is 6. The first-order valence-electron chi connectivity index (χ1n) is 4.70. The second-order valence-corrected chi connectivity index (χ2v) is 2.81. The fraction of sp³-hybridized carbons (Fsp3) is 0.200. The van der Waals surface area contributed by atoms with Crippen LogP contribution in [0.15, 0.2) is 24.3 Å². The highest BCUT2D eigenvalue weighted by Gasteiger charge is 2.00. The van der Waals surface area contributed by atoms with Gasteiger partial charge in [0.1, 0.15) is 13.2 Å². The lowest BCUT2D eigenvalue weighted by Gasteiger charge is -2.02. The molecule has 8 heteroatoms. The van der Waals surface area contributed by atoms with Crippen molar-refractivity contribution in [3.8, 4) is 0 Å². The molecule has 0 unspecified atom stereocenters. The van der Waals surface area contributed by atoms with Crippen molar-refractivity contribution < 1.29 is 28.7 Å². The number of carbonyl (C=O) groups excluding carboxylic acids is 4. The van der Waals surface area contributed by atoms with Gasteiger partial charge in [-0.15, -0.1) is 0 Å². The van der Waals surface area contributed by atoms with E-state index in [4.69, 9.17) is 11.5 Å². The predicted octanol–water partition coefficient (Wildman–Crippen LogP) is -1.84. The third-order valence-corrected chi connectivity index (χ3v) is 1.34. The number of primary amides is 2. The van der Waals surface area contributed by atoms with Crippen LogP contribution in [0.1, 0.15) is 0 Å². The van der Waals surface area contributed by atoms with Crippen LogP contribution in [0.4, 0.5) is 0 Å². The molecule has 0 bridgehead atoms. The highest BCUT2D eigenvalue weighted by Crippen LogP contribution is 1.85. The maximum Gasteiger partial charge on any atom is 0.331 e. The Morgan fingerprint density at radius 2 is 1.06 bits per heavy atom. The van der Waals surface area contributed by atoms with E-state index in [0.717, 1.165) is 24.3 Å². The average molecular weight is 256 g/mol. The Morgan fingerprint density at radius 3 is 1.33 bits per heavy atom. The van der Waals surface area contributed by atoms with E-state index in [1.807, 2.05) is 0 Å². The van der Waals surface area contributed by atoms with Crippen LogP contribution in [0.2, 0.25) is 0 Å². The first-order chi connectivity index (χ1) is 8.41. The summed E-state index contributed by atoms with van der Waals surface area (Å²) in [7, 11) is 0. The molecular formula is C10H12N2O6. The number of esters is 2. The number of nitrogens with two attached hydrogens (primary N) is 2. The van der Waals surface area contributed by atoms with Crippen LogP contribution in [0, 0.1) is 0 Å². The van der Waals surface area contributed by atoms with Crippen molar-refractivity contribution in [1.82, 2.24) is 0 Å². The Bertz CT molecular complexity index is 361. The molecule has 0 fully saturated rings. The molecular weight excluding hydrogens is 244 g/mol. The molecule has 8 nitrogen and oxygen atoms in total. The highest BCUT2D eigenvalue weighted by atomic mass is 16.6. The van der Waals surface area contributed by atoms with E-state index in [2.05, 4.69) is 9.47 Å². The third-order valence-electron chi connectivity index (χ3n) is 1.34. The van der Waals surface area contributed by atoms with E-state index >= 15 is 0 Å². The Labute approximate surface area is 102 Å². The van der Waals surface area contributed by atoms with Crippen LogP contribution >= 0.6 is 0 Å². The van der Waals surface area contributed by atoms with Crippen molar-refractivity contribution >= 4 is 23.8 Å². The predicted molar refractivity (Wildman–Crippen MR) is 58.6 cm³/mol. The summed E-state index contributed by atoms with van der Waals surface area (Å²) in [6, 6.07) is 0. The molecule has 4 N–H and O–H groups in total. The molecule has 0 aromatic heterocycles. The normalized spacial score (nSPS) is 10.4. The molecule has 0 rings (SSSR count). The molecule has 0 aliphatic rings. The van der Waals surface area contributed by atoms with E-state index in [1.54, 1.807) is 0 Å². The number of carbonyl (C=O) groups is 4. The quantitative estimate of drug-likeness (QED) is 0.311. The Balaban J connectivity index is 3.74. The molecule has 0 heterocycles. The molecule has 0 saturated heterocycles. The van der Waals surface area contributed by atoms with Gasteiger partial charge in [0.2, 0.25) is 11.8 Å². The van der Waals surface area contributed by atoms with Crippen molar-refractivity contribution in [2.45, 2.75) is 0 Å². The number of rotatable bonds is 7. The van der Waals surface area contributed by atoms with Crippen LogP contribution in [0.5, 0.6) is 0 Å². The van der Waals surface area contributed by atoms with Gasteiger partial charge in [-0.05, 0) is 0 Å². The van der Waals surface area contributed by atoms with Gasteiger partial charge in [0, 0.05) is 24.3 Å². The topological polar surface area (TPSA) is 139 Å². The van der Waals surface area contributed by atoms with Crippen molar-refractivity contribution in [3.63, 3.8) is 0 Å². The number of ether oxygens (including phenoxy) is 2. The molecule has 0 atom stereocenters. The summed E-state index contributed by atoms with van der Waals surface area (Å²) < 4.78 is 9.08. The molecule has 0 aliphatic carbocycles. The van der Waals surface area contributed by atoms with Crippen LogP contribution < -0.4 is 11.5 Å². The number of hydrogen-bond donors (Lipinski definition) is 2. The van der Waals surface area contributed by atoms with Gasteiger partial charge in [-0.2, -0.15) is 0 Å². The van der Waals surface area contributed by atoms with Gasteiger partial charge in [0.05, 0.1) is 0 Å². The minimum Gasteiger partial charge on any atom is -0.459 e. The zero-order valence-corrected chi connectivity index (χ0v) is 9.33. The van der Waals surface area contributed by atoms with Gasteiger partial charge in [0.25, 0.3) is 0 Å². The summed E-state index contributed by atoms with van der Waals surface area (Å²) in [5.41, 5.74) is 9.49. The van der Waals surface area contributed by atoms with Crippen molar-refractivity contribution in [2.75, 3.05) is 13.2 Å². The van der Waals surface area contributed by atoms with Crippen LogP contribution in [-0.4, -0.2) is 37.0 Å². The van der Waals surface area contributed by atoms with Crippen molar-refractivity contribution in [1.29, 1.82) is 0 Å². The Kier molecular flexibility index (Phi) is 7.26. The third kappa shape index (κ3) is 9.90. The summed E-state index contributed by atoms with van der Waals surface area (Å²) in [5.74, 6) is -3.15. The average Bonchev–Trinajstić information content (AvgIpc) is 2.29. The summed E-state index contributed by atoms with van der Waals surface area (Å²) in [6.07, 6.45) is 3.36. The lowest BCUT2D eigenvalue weighted by atomic mass is 10.5. The molecule has 0 saturated carbocycles. The molecule has 0 spiro atoms. The fourth-order valence-electron chi connectivity index (χ4n) is 0.681. The lowest BCUT2D eigenvalue weighted by molar-refractivity contribution is -0.146. The van der Waals surface area contributed by atoms with Gasteiger partial charge in [-0.25, -0.2) is 9.59 Å². The SMILES string of the molecule is NC(=O)/C=C\C(=O)OCCOC(=O)/C=C\C(N)=O. The Hall–Kier alpha value is -2.64. The first kappa shape index (κ1) is 15.4. The van der Waals surface area contributed by atoms with Crippen LogP contribution in [-0.2, 0) is 28.7 Å². The van der Waals surface area contributed by atoms with E-state index in [-0.39, 0.29) is 13.2 Å². The molecule has 0 radical (unpaired) electrons. The van der Waals surface area contributed by atoms with Crippen LogP contribution in [0.3, 0.4) is 0 Å². The summed E-state index contributed by atoms with van der Waals surface area (Å²) in [5, 5.41) is 0. The maximum atomic E-state index is 10.9. The van der Waals surface area contributed by atoms with Gasteiger partial charge in [-0.1, -0.05) is 0 Å². The van der Waals surface area contributed by atoms with Crippen molar-refractivity contribution in [3.05, 3.63) is 24.3 Å². The molecule has 98 valence electrons. The monoisotopic (exact) mass is 256 g/mol. The van der Waals surface area contributed by atoms with Gasteiger partial charge in [0.15, 0.2) is 0 Å². The first-order valence-corrected chi connectivity index (χ1v) is 4.70.